The van der Waals surface area contributed by atoms with Gasteiger partial charge in [0, 0.05) is 50.8 Å². The minimum absolute atomic E-state index is 0.0662. The third-order valence-corrected chi connectivity index (χ3v) is 4.23. The summed E-state index contributed by atoms with van der Waals surface area (Å²) in [5.41, 5.74) is -0.958. The summed E-state index contributed by atoms with van der Waals surface area (Å²) in [6, 6.07) is 0.345. The molecule has 4 heteroatoms. The van der Waals surface area contributed by atoms with Crippen LogP contribution in [0.3, 0.4) is 0 Å². The van der Waals surface area contributed by atoms with E-state index in [1.807, 2.05) is 0 Å². The van der Waals surface area contributed by atoms with Crippen LogP contribution in [0, 0.1) is 0 Å². The van der Waals surface area contributed by atoms with Gasteiger partial charge in [0.1, 0.15) is 5.67 Å². The molecule has 0 unspecified atom stereocenters. The molecule has 2 saturated heterocycles. The van der Waals surface area contributed by atoms with Gasteiger partial charge >= 0.3 is 0 Å². The van der Waals surface area contributed by atoms with E-state index in [1.165, 1.54) is 0 Å². The Hall–Kier alpha value is -0.190. The average molecular weight is 257 g/mol. The Morgan fingerprint density at radius 1 is 1.28 bits per heavy atom. The number of hydrogen-bond donors (Lipinski definition) is 1. The van der Waals surface area contributed by atoms with Gasteiger partial charge in [-0.15, -0.1) is 0 Å². The second-order valence-electron chi connectivity index (χ2n) is 7.03. The number of nitrogens with one attached hydrogen (secondary N) is 1. The lowest BCUT2D eigenvalue weighted by Gasteiger charge is -2.36. The second kappa shape index (κ2) is 5.06. The SMILES string of the molecule is C[C@@H]1C[C@](F)(CN2CCNCC2)CN1C(C)(C)C. The molecule has 0 spiro atoms. The number of piperazine rings is 1. The summed E-state index contributed by atoms with van der Waals surface area (Å²) in [7, 11) is 0. The molecule has 0 amide bonds. The van der Waals surface area contributed by atoms with Crippen LogP contribution in [0.4, 0.5) is 4.39 Å². The first-order chi connectivity index (χ1) is 8.30. The molecule has 0 aromatic carbocycles. The summed E-state index contributed by atoms with van der Waals surface area (Å²) >= 11 is 0. The Balaban J connectivity index is 1.96. The van der Waals surface area contributed by atoms with Crippen molar-refractivity contribution in [3.05, 3.63) is 0 Å². The van der Waals surface area contributed by atoms with Crippen molar-refractivity contribution in [2.24, 2.45) is 0 Å². The lowest BCUT2D eigenvalue weighted by molar-refractivity contribution is 0.0698. The summed E-state index contributed by atoms with van der Waals surface area (Å²) < 4.78 is 15.0. The average Bonchev–Trinajstić information content (AvgIpc) is 2.55. The monoisotopic (exact) mass is 257 g/mol. The lowest BCUT2D eigenvalue weighted by Crippen LogP contribution is -2.51. The third-order valence-electron chi connectivity index (χ3n) is 4.23. The van der Waals surface area contributed by atoms with Crippen LogP contribution < -0.4 is 5.32 Å². The van der Waals surface area contributed by atoms with Gasteiger partial charge in [-0.05, 0) is 34.1 Å². The highest BCUT2D eigenvalue weighted by molar-refractivity contribution is 5.01. The van der Waals surface area contributed by atoms with Gasteiger partial charge in [-0.25, -0.2) is 4.39 Å². The Kier molecular flexibility index (Phi) is 4.00. The van der Waals surface area contributed by atoms with Gasteiger partial charge in [0.15, 0.2) is 0 Å². The van der Waals surface area contributed by atoms with Crippen molar-refractivity contribution in [3.8, 4) is 0 Å². The van der Waals surface area contributed by atoms with Crippen molar-refractivity contribution in [2.75, 3.05) is 39.3 Å². The van der Waals surface area contributed by atoms with E-state index in [4.69, 9.17) is 0 Å². The highest BCUT2D eigenvalue weighted by Gasteiger charge is 2.46. The maximum absolute atomic E-state index is 15.0. The van der Waals surface area contributed by atoms with Crippen molar-refractivity contribution in [3.63, 3.8) is 0 Å². The summed E-state index contributed by atoms with van der Waals surface area (Å²) in [6.45, 7) is 13.8. The van der Waals surface area contributed by atoms with Crippen molar-refractivity contribution in [1.82, 2.24) is 15.1 Å². The van der Waals surface area contributed by atoms with Crippen molar-refractivity contribution >= 4 is 0 Å². The van der Waals surface area contributed by atoms with Crippen molar-refractivity contribution in [1.29, 1.82) is 0 Å². The fourth-order valence-corrected chi connectivity index (χ4v) is 3.45. The van der Waals surface area contributed by atoms with E-state index >= 15 is 4.39 Å². The lowest BCUT2D eigenvalue weighted by atomic mass is 10.0. The first-order valence-electron chi connectivity index (χ1n) is 7.19. The largest absolute Gasteiger partial charge is 0.314 e. The molecule has 0 aromatic heterocycles. The van der Waals surface area contributed by atoms with Crippen LogP contribution in [-0.4, -0.2) is 66.3 Å². The molecule has 2 heterocycles. The molecule has 106 valence electrons. The van der Waals surface area contributed by atoms with Crippen molar-refractivity contribution in [2.45, 2.75) is 51.4 Å². The van der Waals surface area contributed by atoms with Gasteiger partial charge in [0.05, 0.1) is 0 Å². The highest BCUT2D eigenvalue weighted by Crippen LogP contribution is 2.35. The van der Waals surface area contributed by atoms with Crippen molar-refractivity contribution < 1.29 is 4.39 Å². The van der Waals surface area contributed by atoms with Crippen LogP contribution in [0.5, 0.6) is 0 Å². The second-order valence-corrected chi connectivity index (χ2v) is 7.03. The first-order valence-corrected chi connectivity index (χ1v) is 7.19. The van der Waals surface area contributed by atoms with Gasteiger partial charge < -0.3 is 5.32 Å². The van der Waals surface area contributed by atoms with Gasteiger partial charge in [-0.2, -0.15) is 0 Å². The third kappa shape index (κ3) is 3.22. The maximum atomic E-state index is 15.0. The van der Waals surface area contributed by atoms with E-state index in [1.54, 1.807) is 0 Å². The minimum Gasteiger partial charge on any atom is -0.314 e. The van der Waals surface area contributed by atoms with E-state index in [-0.39, 0.29) is 5.54 Å². The molecule has 0 saturated carbocycles. The fraction of sp³-hybridized carbons (Fsp3) is 1.00. The molecule has 2 rings (SSSR count). The zero-order valence-electron chi connectivity index (χ0n) is 12.3. The van der Waals surface area contributed by atoms with Crippen LogP contribution >= 0.6 is 0 Å². The molecule has 2 fully saturated rings. The molecular weight excluding hydrogens is 229 g/mol. The van der Waals surface area contributed by atoms with Crippen LogP contribution in [-0.2, 0) is 0 Å². The molecule has 0 bridgehead atoms. The van der Waals surface area contributed by atoms with Gasteiger partial charge in [0.2, 0.25) is 0 Å². The minimum atomic E-state index is -1.02. The molecular formula is C14H28FN3. The standard InChI is InChI=1S/C14H28FN3/c1-12-9-14(15,11-18(12)13(2,3)4)10-17-7-5-16-6-8-17/h12,16H,5-11H2,1-4H3/t12-,14+/m1/s1. The zero-order valence-corrected chi connectivity index (χ0v) is 12.3. The zero-order chi connectivity index (χ0) is 13.4. The van der Waals surface area contributed by atoms with E-state index < -0.39 is 5.67 Å². The van der Waals surface area contributed by atoms with Gasteiger partial charge in [0.25, 0.3) is 0 Å². The summed E-state index contributed by atoms with van der Waals surface area (Å²) in [6.07, 6.45) is 0.675. The highest BCUT2D eigenvalue weighted by atomic mass is 19.1. The summed E-state index contributed by atoms with van der Waals surface area (Å²) in [4.78, 5) is 4.59. The van der Waals surface area contributed by atoms with Crippen LogP contribution in [0.2, 0.25) is 0 Å². The Bertz CT molecular complexity index is 283. The van der Waals surface area contributed by atoms with Gasteiger partial charge in [-0.1, -0.05) is 0 Å². The molecule has 2 aliphatic rings. The Morgan fingerprint density at radius 3 is 2.39 bits per heavy atom. The molecule has 2 aliphatic heterocycles. The molecule has 18 heavy (non-hydrogen) atoms. The Morgan fingerprint density at radius 2 is 1.89 bits per heavy atom. The molecule has 1 N–H and O–H groups in total. The molecule has 0 radical (unpaired) electrons. The first kappa shape index (κ1) is 14.2. The molecule has 0 aromatic rings. The van der Waals surface area contributed by atoms with E-state index in [0.717, 1.165) is 26.2 Å². The van der Waals surface area contributed by atoms with Crippen LogP contribution in [0.25, 0.3) is 0 Å². The van der Waals surface area contributed by atoms with E-state index in [9.17, 15) is 0 Å². The van der Waals surface area contributed by atoms with E-state index in [0.29, 0.717) is 25.6 Å². The number of alkyl halides is 1. The maximum Gasteiger partial charge on any atom is 0.137 e. The van der Waals surface area contributed by atoms with Gasteiger partial charge in [-0.3, -0.25) is 9.80 Å². The topological polar surface area (TPSA) is 18.5 Å². The number of rotatable bonds is 2. The number of hydrogen-bond acceptors (Lipinski definition) is 3. The van der Waals surface area contributed by atoms with Crippen LogP contribution in [0.15, 0.2) is 0 Å². The van der Waals surface area contributed by atoms with Crippen LogP contribution in [0.1, 0.15) is 34.1 Å². The van der Waals surface area contributed by atoms with E-state index in [2.05, 4.69) is 42.8 Å². The molecule has 0 aliphatic carbocycles. The predicted molar refractivity (Wildman–Crippen MR) is 73.7 cm³/mol. The molecule has 3 nitrogen and oxygen atoms in total. The smallest absolute Gasteiger partial charge is 0.137 e. The normalized spacial score (nSPS) is 36.2. The fourth-order valence-electron chi connectivity index (χ4n) is 3.45. The predicted octanol–water partition coefficient (Wildman–Crippen LogP) is 1.49. The number of halogens is 1. The Labute approximate surface area is 111 Å². The quantitative estimate of drug-likeness (QED) is 0.808. The summed E-state index contributed by atoms with van der Waals surface area (Å²) in [5, 5.41) is 3.32. The number of nitrogens with zero attached hydrogens (tertiary/aromatic N) is 2. The molecule has 2 atom stereocenters. The number of likely N-dealkylation sites (tertiary alicyclic amines) is 1. The summed E-state index contributed by atoms with van der Waals surface area (Å²) in [5.74, 6) is 0.